The first-order valence-corrected chi connectivity index (χ1v) is 11.2. The third-order valence-corrected chi connectivity index (χ3v) is 13.4. The predicted molar refractivity (Wildman–Crippen MR) is 102 cm³/mol. The van der Waals surface area contributed by atoms with Crippen LogP contribution in [0.4, 0.5) is 0 Å². The molecule has 0 heterocycles. The molecule has 0 saturated carbocycles. The van der Waals surface area contributed by atoms with Gasteiger partial charge in [0.1, 0.15) is 0 Å². The van der Waals surface area contributed by atoms with Gasteiger partial charge in [-0.3, -0.25) is 4.79 Å². The summed E-state index contributed by atoms with van der Waals surface area (Å²) in [6.07, 6.45) is 1.85. The van der Waals surface area contributed by atoms with E-state index < -0.39 is 8.07 Å². The van der Waals surface area contributed by atoms with E-state index in [2.05, 4.69) is 65.8 Å². The molecule has 130 valence electrons. The SMILES string of the molecule is COC(=O)C(CCc1ccccc1)[Si](C(C)C)(C(C)C)C(C)C. The van der Waals surface area contributed by atoms with Crippen LogP contribution in [0.3, 0.4) is 0 Å². The lowest BCUT2D eigenvalue weighted by Gasteiger charge is -2.47. The summed E-state index contributed by atoms with van der Waals surface area (Å²) in [5.41, 5.74) is 3.04. The van der Waals surface area contributed by atoms with Gasteiger partial charge < -0.3 is 4.74 Å². The molecule has 0 bridgehead atoms. The van der Waals surface area contributed by atoms with E-state index in [-0.39, 0.29) is 11.5 Å². The molecule has 0 saturated heterocycles. The molecular weight excluding hydrogens is 300 g/mol. The van der Waals surface area contributed by atoms with Gasteiger partial charge in [-0.2, -0.15) is 0 Å². The van der Waals surface area contributed by atoms with Crippen molar-refractivity contribution in [2.45, 2.75) is 76.5 Å². The van der Waals surface area contributed by atoms with Crippen LogP contribution >= 0.6 is 0 Å². The minimum Gasteiger partial charge on any atom is -0.469 e. The van der Waals surface area contributed by atoms with Crippen molar-refractivity contribution in [3.8, 4) is 0 Å². The number of rotatable bonds is 8. The fourth-order valence-electron chi connectivity index (χ4n) is 4.88. The molecule has 0 aliphatic heterocycles. The lowest BCUT2D eigenvalue weighted by Crippen LogP contribution is -2.51. The number of carbonyl (C=O) groups is 1. The second kappa shape index (κ2) is 8.67. The van der Waals surface area contributed by atoms with Gasteiger partial charge in [-0.1, -0.05) is 71.9 Å². The van der Waals surface area contributed by atoms with Gasteiger partial charge >= 0.3 is 5.97 Å². The van der Waals surface area contributed by atoms with E-state index in [1.165, 1.54) is 12.7 Å². The van der Waals surface area contributed by atoms with E-state index in [9.17, 15) is 4.79 Å². The predicted octanol–water partition coefficient (Wildman–Crippen LogP) is 5.84. The first kappa shape index (κ1) is 20.0. The van der Waals surface area contributed by atoms with Crippen LogP contribution in [0.1, 0.15) is 53.5 Å². The molecule has 2 nitrogen and oxygen atoms in total. The number of carbonyl (C=O) groups excluding carboxylic acids is 1. The third kappa shape index (κ3) is 4.26. The zero-order chi connectivity index (χ0) is 17.6. The van der Waals surface area contributed by atoms with Crippen LogP contribution in [-0.4, -0.2) is 21.2 Å². The summed E-state index contributed by atoms with van der Waals surface area (Å²) in [4.78, 5) is 12.7. The van der Waals surface area contributed by atoms with Crippen molar-refractivity contribution >= 4 is 14.0 Å². The fraction of sp³-hybridized carbons (Fsp3) is 0.650. The number of hydrogen-bond donors (Lipinski definition) is 0. The topological polar surface area (TPSA) is 26.3 Å². The first-order chi connectivity index (χ1) is 10.8. The molecule has 0 spiro atoms. The summed E-state index contributed by atoms with van der Waals surface area (Å²) in [6, 6.07) is 10.5. The normalized spacial score (nSPS) is 13.7. The third-order valence-electron chi connectivity index (χ3n) is 5.65. The number of benzene rings is 1. The molecule has 1 aromatic carbocycles. The second-order valence-corrected chi connectivity index (χ2v) is 13.7. The van der Waals surface area contributed by atoms with Gasteiger partial charge in [0.15, 0.2) is 0 Å². The van der Waals surface area contributed by atoms with Crippen LogP contribution < -0.4 is 0 Å². The van der Waals surface area contributed by atoms with Crippen molar-refractivity contribution in [1.29, 1.82) is 0 Å². The van der Waals surface area contributed by atoms with E-state index in [4.69, 9.17) is 4.74 Å². The Labute approximate surface area is 143 Å². The summed E-state index contributed by atoms with van der Waals surface area (Å²) >= 11 is 0. The Bertz CT molecular complexity index is 458. The maximum absolute atomic E-state index is 12.7. The minimum atomic E-state index is -1.87. The van der Waals surface area contributed by atoms with Crippen molar-refractivity contribution in [3.05, 3.63) is 35.9 Å². The average molecular weight is 335 g/mol. The molecule has 0 fully saturated rings. The van der Waals surface area contributed by atoms with Crippen LogP contribution in [0.25, 0.3) is 0 Å². The molecule has 0 aromatic heterocycles. The van der Waals surface area contributed by atoms with Crippen LogP contribution in [0, 0.1) is 0 Å². The monoisotopic (exact) mass is 334 g/mol. The summed E-state index contributed by atoms with van der Waals surface area (Å²) in [5, 5.41) is 0. The lowest BCUT2D eigenvalue weighted by atomic mass is 10.1. The molecule has 1 rings (SSSR count). The van der Waals surface area contributed by atoms with E-state index in [1.54, 1.807) is 0 Å². The quantitative estimate of drug-likeness (QED) is 0.441. The van der Waals surface area contributed by atoms with Gasteiger partial charge in [-0.05, 0) is 35.0 Å². The Balaban J connectivity index is 3.18. The van der Waals surface area contributed by atoms with Crippen molar-refractivity contribution in [2.24, 2.45) is 0 Å². The van der Waals surface area contributed by atoms with Crippen LogP contribution in [0.5, 0.6) is 0 Å². The van der Waals surface area contributed by atoms with Crippen molar-refractivity contribution in [3.63, 3.8) is 0 Å². The summed E-state index contributed by atoms with van der Waals surface area (Å²) in [7, 11) is -0.330. The molecule has 1 unspecified atom stereocenters. The van der Waals surface area contributed by atoms with E-state index in [0.29, 0.717) is 16.6 Å². The molecule has 0 radical (unpaired) electrons. The highest BCUT2D eigenvalue weighted by atomic mass is 28.3. The Kier molecular flexibility index (Phi) is 7.52. The number of ether oxygens (including phenoxy) is 1. The van der Waals surface area contributed by atoms with E-state index in [0.717, 1.165) is 12.8 Å². The Morgan fingerprint density at radius 3 is 1.83 bits per heavy atom. The number of methoxy groups -OCH3 is 1. The van der Waals surface area contributed by atoms with E-state index in [1.807, 2.05) is 6.07 Å². The van der Waals surface area contributed by atoms with Crippen LogP contribution in [-0.2, 0) is 16.0 Å². The fourth-order valence-corrected chi connectivity index (χ4v) is 12.5. The molecule has 3 heteroatoms. The number of hydrogen-bond acceptors (Lipinski definition) is 2. The Hall–Kier alpha value is -1.09. The molecule has 0 amide bonds. The zero-order valence-corrected chi connectivity index (χ0v) is 16.9. The largest absolute Gasteiger partial charge is 0.469 e. The Morgan fingerprint density at radius 1 is 0.957 bits per heavy atom. The van der Waals surface area contributed by atoms with Gasteiger partial charge in [0, 0.05) is 0 Å². The summed E-state index contributed by atoms with van der Waals surface area (Å²) in [6.45, 7) is 13.9. The summed E-state index contributed by atoms with van der Waals surface area (Å²) < 4.78 is 5.25. The van der Waals surface area contributed by atoms with Crippen molar-refractivity contribution in [2.75, 3.05) is 7.11 Å². The molecule has 23 heavy (non-hydrogen) atoms. The standard InChI is InChI=1S/C20H34O2Si/c1-15(2)23(16(3)4,17(5)6)19(20(21)22-7)14-13-18-11-9-8-10-12-18/h8-12,15-17,19H,13-14H2,1-7H3. The average Bonchev–Trinajstić information content (AvgIpc) is 2.50. The molecule has 1 atom stereocenters. The van der Waals surface area contributed by atoms with Crippen LogP contribution in [0.2, 0.25) is 22.2 Å². The molecule has 0 N–H and O–H groups in total. The number of aryl methyl sites for hydroxylation is 1. The number of esters is 1. The van der Waals surface area contributed by atoms with Crippen molar-refractivity contribution in [1.82, 2.24) is 0 Å². The maximum Gasteiger partial charge on any atom is 0.305 e. The molecule has 1 aromatic rings. The smallest absolute Gasteiger partial charge is 0.305 e. The lowest BCUT2D eigenvalue weighted by molar-refractivity contribution is -0.140. The van der Waals surface area contributed by atoms with Gasteiger partial charge in [-0.15, -0.1) is 0 Å². The van der Waals surface area contributed by atoms with Crippen molar-refractivity contribution < 1.29 is 9.53 Å². The van der Waals surface area contributed by atoms with Gasteiger partial charge in [0.05, 0.1) is 20.7 Å². The molecular formula is C20H34O2Si. The highest BCUT2D eigenvalue weighted by Crippen LogP contribution is 2.51. The highest BCUT2D eigenvalue weighted by molar-refractivity contribution is 6.87. The maximum atomic E-state index is 12.7. The molecule has 0 aliphatic carbocycles. The molecule has 0 aliphatic rings. The van der Waals surface area contributed by atoms with Gasteiger partial charge in [0.2, 0.25) is 0 Å². The first-order valence-electron chi connectivity index (χ1n) is 8.90. The van der Waals surface area contributed by atoms with Gasteiger partial charge in [0.25, 0.3) is 0 Å². The zero-order valence-electron chi connectivity index (χ0n) is 15.9. The highest BCUT2D eigenvalue weighted by Gasteiger charge is 2.51. The van der Waals surface area contributed by atoms with Crippen LogP contribution in [0.15, 0.2) is 30.3 Å². The second-order valence-electron chi connectivity index (χ2n) is 7.56. The Morgan fingerprint density at radius 2 is 1.43 bits per heavy atom. The summed E-state index contributed by atoms with van der Waals surface area (Å²) in [5.74, 6) is 0.00342. The van der Waals surface area contributed by atoms with E-state index >= 15 is 0 Å². The minimum absolute atomic E-state index is 0.00342. The van der Waals surface area contributed by atoms with Gasteiger partial charge in [-0.25, -0.2) is 0 Å².